The number of fused-ring (bicyclic) bond motifs is 3. The second kappa shape index (κ2) is 3.44. The monoisotopic (exact) mass is 201 g/mol. The van der Waals surface area contributed by atoms with E-state index in [2.05, 4.69) is 29.3 Å². The zero-order valence-electron chi connectivity index (χ0n) is 8.73. The first-order valence-electron chi connectivity index (χ1n) is 5.74. The molecule has 78 valence electrons. The minimum atomic E-state index is 0.312. The van der Waals surface area contributed by atoms with Gasteiger partial charge in [0.25, 0.3) is 0 Å². The fourth-order valence-corrected chi connectivity index (χ4v) is 3.06. The van der Waals surface area contributed by atoms with Crippen molar-refractivity contribution in [1.82, 2.24) is 0 Å². The molecule has 1 saturated carbocycles. The van der Waals surface area contributed by atoms with Crippen LogP contribution in [0.3, 0.4) is 0 Å². The highest BCUT2D eigenvalue weighted by atomic mass is 16.1. The molecule has 1 aliphatic heterocycles. The van der Waals surface area contributed by atoms with Crippen molar-refractivity contribution in [2.75, 3.05) is 6.54 Å². The molecule has 0 amide bonds. The third kappa shape index (κ3) is 1.48. The Morgan fingerprint density at radius 3 is 3.07 bits per heavy atom. The van der Waals surface area contributed by atoms with E-state index in [0.29, 0.717) is 30.1 Å². The van der Waals surface area contributed by atoms with E-state index in [-0.39, 0.29) is 0 Å². The van der Waals surface area contributed by atoms with E-state index in [1.54, 1.807) is 0 Å². The van der Waals surface area contributed by atoms with E-state index in [9.17, 15) is 4.79 Å². The molecule has 3 atom stereocenters. The third-order valence-corrected chi connectivity index (χ3v) is 3.83. The van der Waals surface area contributed by atoms with E-state index in [1.807, 2.05) is 0 Å². The first kappa shape index (κ1) is 9.08. The number of nitrogens with zero attached hydrogens (tertiary/aromatic N) is 1. The fourth-order valence-electron chi connectivity index (χ4n) is 3.06. The zero-order valence-corrected chi connectivity index (χ0v) is 8.73. The summed E-state index contributed by atoms with van der Waals surface area (Å²) in [5, 5.41) is 0. The summed E-state index contributed by atoms with van der Waals surface area (Å²) in [7, 11) is 0. The Hall–Kier alpha value is -1.18. The number of ketones is 1. The maximum absolute atomic E-state index is 11.4. The summed E-state index contributed by atoms with van der Waals surface area (Å²) in [5.74, 6) is 1.90. The topological polar surface area (TPSA) is 29.4 Å². The van der Waals surface area contributed by atoms with Gasteiger partial charge in [0.15, 0.2) is 5.78 Å². The minimum absolute atomic E-state index is 0.312. The molecular formula is C13H15NO. The van der Waals surface area contributed by atoms with Gasteiger partial charge in [-0.25, -0.2) is 0 Å². The van der Waals surface area contributed by atoms with E-state index in [0.717, 1.165) is 12.8 Å². The predicted molar refractivity (Wildman–Crippen MR) is 59.9 cm³/mol. The molecule has 0 bridgehead atoms. The molecule has 0 radical (unpaired) electrons. The lowest BCUT2D eigenvalue weighted by Gasteiger charge is -2.38. The number of carbonyl (C=O) groups is 1. The van der Waals surface area contributed by atoms with E-state index in [1.165, 1.54) is 12.1 Å². The highest BCUT2D eigenvalue weighted by molar-refractivity contribution is 5.97. The van der Waals surface area contributed by atoms with Crippen LogP contribution in [0.4, 0.5) is 0 Å². The summed E-state index contributed by atoms with van der Waals surface area (Å²) in [6.07, 6.45) is 11.8. The molecule has 1 fully saturated rings. The molecule has 3 rings (SSSR count). The Morgan fingerprint density at radius 2 is 2.13 bits per heavy atom. The fraction of sp³-hybridized carbons (Fsp3) is 0.538. The number of rotatable bonds is 0. The van der Waals surface area contributed by atoms with Crippen molar-refractivity contribution in [3.8, 4) is 0 Å². The summed E-state index contributed by atoms with van der Waals surface area (Å²) < 4.78 is 0. The second-order valence-electron chi connectivity index (χ2n) is 4.71. The third-order valence-electron chi connectivity index (χ3n) is 3.83. The average molecular weight is 201 g/mol. The van der Waals surface area contributed by atoms with Crippen LogP contribution in [0.2, 0.25) is 0 Å². The highest BCUT2D eigenvalue weighted by Crippen LogP contribution is 2.39. The number of aliphatic imine (C=N–C) groups is 1. The largest absolute Gasteiger partial charge is 0.298 e. The lowest BCUT2D eigenvalue weighted by Crippen LogP contribution is -2.38. The van der Waals surface area contributed by atoms with E-state index < -0.39 is 0 Å². The Bertz CT molecular complexity index is 378. The smallest absolute Gasteiger partial charge is 0.154 e. The van der Waals surface area contributed by atoms with Crippen molar-refractivity contribution in [1.29, 1.82) is 0 Å². The molecule has 2 aliphatic carbocycles. The normalized spacial score (nSPS) is 38.3. The van der Waals surface area contributed by atoms with Crippen molar-refractivity contribution in [2.45, 2.75) is 19.3 Å². The molecule has 2 nitrogen and oxygen atoms in total. The molecule has 0 spiro atoms. The van der Waals surface area contributed by atoms with Gasteiger partial charge in [-0.1, -0.05) is 24.3 Å². The summed E-state index contributed by atoms with van der Waals surface area (Å²) in [5.41, 5.74) is 1.30. The van der Waals surface area contributed by atoms with Crippen LogP contribution in [0.25, 0.3) is 0 Å². The van der Waals surface area contributed by atoms with Gasteiger partial charge in [0, 0.05) is 18.1 Å². The van der Waals surface area contributed by atoms with E-state index in [4.69, 9.17) is 0 Å². The molecule has 0 aromatic carbocycles. The lowest BCUT2D eigenvalue weighted by molar-refractivity contribution is -0.118. The van der Waals surface area contributed by atoms with Crippen molar-refractivity contribution in [3.63, 3.8) is 0 Å². The van der Waals surface area contributed by atoms with Crippen LogP contribution in [0.15, 0.2) is 29.3 Å². The van der Waals surface area contributed by atoms with Gasteiger partial charge in [-0.3, -0.25) is 9.79 Å². The van der Waals surface area contributed by atoms with Crippen molar-refractivity contribution in [3.05, 3.63) is 24.3 Å². The quantitative estimate of drug-likeness (QED) is 0.590. The van der Waals surface area contributed by atoms with Crippen LogP contribution in [0, 0.1) is 17.8 Å². The molecule has 3 aliphatic rings. The Balaban J connectivity index is 1.92. The maximum atomic E-state index is 11.4. The summed E-state index contributed by atoms with van der Waals surface area (Å²) in [4.78, 5) is 15.9. The minimum Gasteiger partial charge on any atom is -0.298 e. The molecule has 0 aromatic heterocycles. The van der Waals surface area contributed by atoms with E-state index >= 15 is 0 Å². The van der Waals surface area contributed by atoms with Gasteiger partial charge < -0.3 is 0 Å². The Morgan fingerprint density at radius 1 is 1.27 bits per heavy atom. The van der Waals surface area contributed by atoms with Crippen molar-refractivity contribution >= 4 is 11.5 Å². The van der Waals surface area contributed by atoms with Gasteiger partial charge in [0.1, 0.15) is 0 Å². The van der Waals surface area contributed by atoms with Crippen LogP contribution in [-0.4, -0.2) is 18.0 Å². The number of Topliss-reactive ketones (excluding diaryl/α,β-unsaturated/α-hetero) is 1. The van der Waals surface area contributed by atoms with Gasteiger partial charge in [-0.05, 0) is 24.7 Å². The molecular weight excluding hydrogens is 186 g/mol. The summed E-state index contributed by atoms with van der Waals surface area (Å²) in [6, 6.07) is 0. The molecule has 15 heavy (non-hydrogen) atoms. The standard InChI is InChI=1S/C13H15NO/c15-10-7-12-11-4-2-1-3-9(11)5-6-13(12)14-8-10/h1-4,9,11-12H,5-8H2. The van der Waals surface area contributed by atoms with Crippen LogP contribution in [0.1, 0.15) is 19.3 Å². The molecule has 0 aromatic rings. The molecule has 0 saturated heterocycles. The Kier molecular flexibility index (Phi) is 2.08. The van der Waals surface area contributed by atoms with Gasteiger partial charge in [-0.15, -0.1) is 0 Å². The molecule has 0 N–H and O–H groups in total. The average Bonchev–Trinajstić information content (AvgIpc) is 2.29. The zero-order chi connectivity index (χ0) is 10.3. The Labute approximate surface area is 89.8 Å². The number of hydrogen-bond acceptors (Lipinski definition) is 2. The first-order chi connectivity index (χ1) is 7.34. The van der Waals surface area contributed by atoms with Crippen molar-refractivity contribution in [2.24, 2.45) is 22.7 Å². The van der Waals surface area contributed by atoms with Crippen LogP contribution in [0.5, 0.6) is 0 Å². The van der Waals surface area contributed by atoms with Crippen molar-refractivity contribution < 1.29 is 4.79 Å². The van der Waals surface area contributed by atoms with Gasteiger partial charge in [-0.2, -0.15) is 0 Å². The number of hydrogen-bond donors (Lipinski definition) is 0. The number of allylic oxidation sites excluding steroid dienone is 4. The van der Waals surface area contributed by atoms with Crippen LogP contribution >= 0.6 is 0 Å². The molecule has 2 heteroatoms. The lowest BCUT2D eigenvalue weighted by atomic mass is 9.67. The molecule has 3 unspecified atom stereocenters. The predicted octanol–water partition coefficient (Wildman–Crippen LogP) is 2.17. The summed E-state index contributed by atoms with van der Waals surface area (Å²) >= 11 is 0. The summed E-state index contributed by atoms with van der Waals surface area (Å²) in [6.45, 7) is 0.433. The SMILES string of the molecule is O=C1CN=C2CCC3C=CC=CC3C2C1. The maximum Gasteiger partial charge on any atom is 0.154 e. The van der Waals surface area contributed by atoms with Gasteiger partial charge >= 0.3 is 0 Å². The van der Waals surface area contributed by atoms with Gasteiger partial charge in [0.2, 0.25) is 0 Å². The first-order valence-corrected chi connectivity index (χ1v) is 5.74. The second-order valence-corrected chi connectivity index (χ2v) is 4.71. The van der Waals surface area contributed by atoms with Crippen LogP contribution < -0.4 is 0 Å². The molecule has 1 heterocycles. The number of carbonyl (C=O) groups excluding carboxylic acids is 1. The van der Waals surface area contributed by atoms with Crippen LogP contribution in [-0.2, 0) is 4.79 Å². The highest BCUT2D eigenvalue weighted by Gasteiger charge is 2.37. The van der Waals surface area contributed by atoms with Gasteiger partial charge in [0.05, 0.1) is 6.54 Å².